The molecule has 2 aliphatic rings. The van der Waals surface area contributed by atoms with Crippen molar-refractivity contribution in [3.8, 4) is 0 Å². The van der Waals surface area contributed by atoms with E-state index < -0.39 is 95.8 Å². The lowest BCUT2D eigenvalue weighted by atomic mass is 9.96. The second-order valence-corrected chi connectivity index (χ2v) is 11.7. The molecule has 2 saturated heterocycles. The summed E-state index contributed by atoms with van der Waals surface area (Å²) in [5.74, 6) is 0. The summed E-state index contributed by atoms with van der Waals surface area (Å²) in [6, 6.07) is 0. The molecule has 12 atom stereocenters. The maximum atomic E-state index is 12.3. The number of hydrogen-bond acceptors (Lipinski definition) is 17. The van der Waals surface area contributed by atoms with Gasteiger partial charge < -0.3 is 60.0 Å². The minimum Gasteiger partial charge on any atom is -0.394 e. The zero-order valence-electron chi connectivity index (χ0n) is 19.9. The first kappa shape index (κ1) is 31.2. The summed E-state index contributed by atoms with van der Waals surface area (Å²) in [6.07, 6.45) is -16.4. The van der Waals surface area contributed by atoms with Crippen LogP contribution in [0.5, 0.6) is 0 Å². The van der Waals surface area contributed by atoms with E-state index in [2.05, 4.69) is 28.3 Å². The lowest BCUT2D eigenvalue weighted by Gasteiger charge is -2.41. The highest BCUT2D eigenvalue weighted by Crippen LogP contribution is 2.61. The molecule has 0 saturated carbocycles. The lowest BCUT2D eigenvalue weighted by Crippen LogP contribution is -2.61. The van der Waals surface area contributed by atoms with Crippen molar-refractivity contribution in [2.24, 2.45) is 0 Å². The molecule has 4 rings (SSSR count). The zero-order valence-corrected chi connectivity index (χ0v) is 21.7. The minimum absolute atomic E-state index is 0.0189. The van der Waals surface area contributed by atoms with Gasteiger partial charge in [0.25, 0.3) is 5.56 Å². The number of nitrogens with zero attached hydrogens (tertiary/aromatic N) is 3. The molecule has 0 radical (unpaired) electrons. The lowest BCUT2D eigenvalue weighted by molar-refractivity contribution is -0.292. The van der Waals surface area contributed by atoms with Crippen molar-refractivity contribution in [2.45, 2.75) is 61.3 Å². The van der Waals surface area contributed by atoms with Crippen molar-refractivity contribution in [3.63, 3.8) is 0 Å². The molecule has 10 N–H and O–H groups in total. The number of ether oxygens (including phenoxy) is 2. The van der Waals surface area contributed by atoms with Crippen LogP contribution in [0.1, 0.15) is 6.23 Å². The molecule has 0 amide bonds. The Labute approximate surface area is 222 Å². The Morgan fingerprint density at radius 1 is 1.00 bits per heavy atom. The SMILES string of the molecule is O=c1[nH]cnc2c1ncn2[C@@H]1O[C@H](COP(=O)(O)OP(=O)(O)O[C@@H]2OC([C@H](O)CO)[C@@H](O)C(O)C2O)[C@H](O)[C@@H]1O. The van der Waals surface area contributed by atoms with Gasteiger partial charge in [0.15, 0.2) is 23.7 Å². The Bertz CT molecular complexity index is 1340. The number of aliphatic hydroxyl groups is 7. The second kappa shape index (κ2) is 11.9. The van der Waals surface area contributed by atoms with Gasteiger partial charge in [0.1, 0.15) is 48.8 Å². The Balaban J connectivity index is 1.38. The molecule has 2 aliphatic heterocycles. The van der Waals surface area contributed by atoms with E-state index in [0.29, 0.717) is 0 Å². The highest BCUT2D eigenvalue weighted by molar-refractivity contribution is 7.61. The molecule has 226 valence electrons. The van der Waals surface area contributed by atoms with Crippen molar-refractivity contribution in [1.29, 1.82) is 0 Å². The fraction of sp³-hybridized carbons (Fsp3) is 0.706. The standard InChI is InChI=1S/C17H26N4O17P2/c22-1-5(23)13-10(26)9(25)12(28)17(36-13)37-40(32,33)38-39(30,31)34-2-6-8(24)11(27)16(35-6)21-4-20-7-14(21)18-3-19-15(7)29/h3-6,8-13,16-17,22-28H,1-2H2,(H,30,31)(H,32,33)(H,18,19,29)/t5-,6-,8+,9?,10+,11+,12?,13?,16-,17+/m1/s1. The number of nitrogens with one attached hydrogen (secondary N) is 1. The van der Waals surface area contributed by atoms with Crippen LogP contribution in [0.3, 0.4) is 0 Å². The molecule has 21 nitrogen and oxygen atoms in total. The first-order valence-corrected chi connectivity index (χ1v) is 14.2. The topological polar surface area (TPSA) is 326 Å². The van der Waals surface area contributed by atoms with E-state index in [1.807, 2.05) is 0 Å². The molecule has 40 heavy (non-hydrogen) atoms. The van der Waals surface area contributed by atoms with Gasteiger partial charge in [-0.25, -0.2) is 19.1 Å². The van der Waals surface area contributed by atoms with Crippen LogP contribution in [0.2, 0.25) is 0 Å². The van der Waals surface area contributed by atoms with Gasteiger partial charge in [-0.2, -0.15) is 4.31 Å². The fourth-order valence-electron chi connectivity index (χ4n) is 4.00. The van der Waals surface area contributed by atoms with Gasteiger partial charge in [0.2, 0.25) is 0 Å². The highest BCUT2D eigenvalue weighted by atomic mass is 31.3. The summed E-state index contributed by atoms with van der Waals surface area (Å²) in [5.41, 5.74) is -0.719. The minimum atomic E-state index is -5.67. The first-order valence-electron chi connectivity index (χ1n) is 11.3. The molecule has 2 aromatic rings. The molecule has 4 heterocycles. The van der Waals surface area contributed by atoms with Gasteiger partial charge >= 0.3 is 15.6 Å². The monoisotopic (exact) mass is 620 g/mol. The second-order valence-electron chi connectivity index (χ2n) is 8.71. The average molecular weight is 620 g/mol. The maximum absolute atomic E-state index is 12.3. The van der Waals surface area contributed by atoms with Crippen LogP contribution in [0.25, 0.3) is 11.2 Å². The molecule has 0 bridgehead atoms. The summed E-state index contributed by atoms with van der Waals surface area (Å²) in [7, 11) is -11.2. The number of fused-ring (bicyclic) bond motifs is 1. The predicted molar refractivity (Wildman–Crippen MR) is 122 cm³/mol. The molecule has 0 spiro atoms. The van der Waals surface area contributed by atoms with E-state index in [1.54, 1.807) is 0 Å². The predicted octanol–water partition coefficient (Wildman–Crippen LogP) is -4.85. The number of aliphatic hydroxyl groups excluding tert-OH is 7. The number of H-pyrrole nitrogens is 1. The zero-order chi connectivity index (χ0) is 29.6. The summed E-state index contributed by atoms with van der Waals surface area (Å²) in [6.45, 7) is -1.98. The van der Waals surface area contributed by atoms with E-state index in [1.165, 1.54) is 0 Å². The molecule has 2 fully saturated rings. The van der Waals surface area contributed by atoms with Crippen molar-refractivity contribution in [3.05, 3.63) is 23.0 Å². The Morgan fingerprint density at radius 2 is 1.70 bits per heavy atom. The number of aromatic amines is 1. The van der Waals surface area contributed by atoms with E-state index in [0.717, 1.165) is 17.2 Å². The third kappa shape index (κ3) is 6.35. The van der Waals surface area contributed by atoms with Crippen molar-refractivity contribution in [1.82, 2.24) is 19.5 Å². The summed E-state index contributed by atoms with van der Waals surface area (Å²) in [4.78, 5) is 41.7. The van der Waals surface area contributed by atoms with E-state index in [-0.39, 0.29) is 11.2 Å². The van der Waals surface area contributed by atoms with Crippen molar-refractivity contribution >= 4 is 26.8 Å². The van der Waals surface area contributed by atoms with E-state index in [4.69, 9.17) is 14.6 Å². The smallest absolute Gasteiger partial charge is 0.394 e. The van der Waals surface area contributed by atoms with Crippen LogP contribution < -0.4 is 5.56 Å². The number of rotatable bonds is 10. The van der Waals surface area contributed by atoms with Crippen molar-refractivity contribution < 1.29 is 77.5 Å². The largest absolute Gasteiger partial charge is 0.483 e. The number of hydrogen-bond donors (Lipinski definition) is 10. The Hall–Kier alpha value is -1.75. The average Bonchev–Trinajstić information content (AvgIpc) is 3.43. The normalized spacial score (nSPS) is 36.8. The van der Waals surface area contributed by atoms with Crippen LogP contribution in [0.15, 0.2) is 17.4 Å². The van der Waals surface area contributed by atoms with Gasteiger partial charge in [-0.1, -0.05) is 0 Å². The Kier molecular flexibility index (Phi) is 9.25. The van der Waals surface area contributed by atoms with Crippen LogP contribution in [-0.4, -0.2) is 133 Å². The van der Waals surface area contributed by atoms with Crippen LogP contribution in [0, 0.1) is 0 Å². The van der Waals surface area contributed by atoms with Gasteiger partial charge in [0, 0.05) is 0 Å². The van der Waals surface area contributed by atoms with E-state index >= 15 is 0 Å². The van der Waals surface area contributed by atoms with Gasteiger partial charge in [-0.3, -0.25) is 18.4 Å². The van der Waals surface area contributed by atoms with E-state index in [9.17, 15) is 54.4 Å². The number of phosphoric ester groups is 2. The number of imidazole rings is 1. The van der Waals surface area contributed by atoms with Gasteiger partial charge in [-0.05, 0) is 0 Å². The molecular weight excluding hydrogens is 594 g/mol. The summed E-state index contributed by atoms with van der Waals surface area (Å²) in [5, 5.41) is 69.2. The molecule has 0 aliphatic carbocycles. The number of aromatic nitrogens is 4. The van der Waals surface area contributed by atoms with Crippen LogP contribution >= 0.6 is 15.6 Å². The van der Waals surface area contributed by atoms with Crippen LogP contribution in [0.4, 0.5) is 0 Å². The summed E-state index contributed by atoms with van der Waals surface area (Å²) < 4.78 is 49.3. The highest BCUT2D eigenvalue weighted by Gasteiger charge is 2.51. The molecular formula is C17H26N4O17P2. The van der Waals surface area contributed by atoms with Crippen LogP contribution in [-0.2, 0) is 32.0 Å². The fourth-order valence-corrected chi connectivity index (χ4v) is 6.16. The quantitative estimate of drug-likeness (QED) is 0.111. The molecule has 0 aromatic carbocycles. The van der Waals surface area contributed by atoms with Crippen molar-refractivity contribution in [2.75, 3.05) is 13.2 Å². The van der Waals surface area contributed by atoms with Gasteiger partial charge in [0.05, 0.1) is 25.9 Å². The van der Waals surface area contributed by atoms with Gasteiger partial charge in [-0.15, -0.1) is 0 Å². The summed E-state index contributed by atoms with van der Waals surface area (Å²) >= 11 is 0. The maximum Gasteiger partial charge on any atom is 0.483 e. The molecule has 5 unspecified atom stereocenters. The third-order valence-corrected chi connectivity index (χ3v) is 8.60. The number of phosphoric acid groups is 2. The molecule has 23 heteroatoms. The third-order valence-electron chi connectivity index (χ3n) is 5.99. The molecule has 2 aromatic heterocycles. The Morgan fingerprint density at radius 3 is 2.38 bits per heavy atom. The first-order chi connectivity index (χ1) is 18.7.